The maximum absolute atomic E-state index is 5.84. The van der Waals surface area contributed by atoms with Gasteiger partial charge in [-0.2, -0.15) is 0 Å². The molecule has 0 saturated heterocycles. The molecule has 3 aromatic rings. The van der Waals surface area contributed by atoms with Crippen LogP contribution in [0.5, 0.6) is 23.0 Å². The Kier molecular flexibility index (Phi) is 7.09. The van der Waals surface area contributed by atoms with Crippen molar-refractivity contribution in [3.8, 4) is 23.0 Å². The summed E-state index contributed by atoms with van der Waals surface area (Å²) in [4.78, 5) is 5.23. The molecule has 6 heteroatoms. The Morgan fingerprint density at radius 3 is 2.24 bits per heavy atom. The molecule has 0 spiro atoms. The zero-order valence-corrected chi connectivity index (χ0v) is 18.2. The Hall–Kier alpha value is -2.60. The highest BCUT2D eigenvalue weighted by Gasteiger charge is 2.16. The zero-order valence-electron chi connectivity index (χ0n) is 17.3. The molecule has 2 aromatic carbocycles. The summed E-state index contributed by atoms with van der Waals surface area (Å²) in [6.45, 7) is 5.22. The fourth-order valence-corrected chi connectivity index (χ4v) is 3.60. The van der Waals surface area contributed by atoms with Gasteiger partial charge in [-0.1, -0.05) is 13.0 Å². The molecule has 29 heavy (non-hydrogen) atoms. The van der Waals surface area contributed by atoms with Crippen molar-refractivity contribution in [2.75, 3.05) is 27.4 Å². The number of benzene rings is 2. The molecule has 154 valence electrons. The first kappa shape index (κ1) is 21.1. The van der Waals surface area contributed by atoms with Crippen LogP contribution in [0.4, 0.5) is 0 Å². The van der Waals surface area contributed by atoms with Gasteiger partial charge in [-0.05, 0) is 54.5 Å². The highest BCUT2D eigenvalue weighted by Crippen LogP contribution is 2.40. The lowest BCUT2D eigenvalue weighted by Crippen LogP contribution is -2.02. The number of rotatable bonds is 9. The van der Waals surface area contributed by atoms with E-state index in [4.69, 9.17) is 18.9 Å². The van der Waals surface area contributed by atoms with Crippen LogP contribution in [0.3, 0.4) is 0 Å². The maximum atomic E-state index is 5.84. The van der Waals surface area contributed by atoms with Gasteiger partial charge in [0, 0.05) is 17.8 Å². The van der Waals surface area contributed by atoms with Crippen LogP contribution >= 0.6 is 12.6 Å². The number of ether oxygens (including phenoxy) is 4. The summed E-state index contributed by atoms with van der Waals surface area (Å²) < 4.78 is 22.6. The van der Waals surface area contributed by atoms with Crippen LogP contribution in [0.25, 0.3) is 10.8 Å². The molecule has 0 aliphatic heterocycles. The fourth-order valence-electron chi connectivity index (χ4n) is 3.29. The lowest BCUT2D eigenvalue weighted by Gasteiger charge is -2.16. The number of methoxy groups -OCH3 is 2. The van der Waals surface area contributed by atoms with Crippen LogP contribution in [0.1, 0.15) is 31.4 Å². The lowest BCUT2D eigenvalue weighted by molar-refractivity contribution is 0.274. The fraction of sp³-hybridized carbons (Fsp3) is 0.348. The van der Waals surface area contributed by atoms with Crippen molar-refractivity contribution in [2.45, 2.75) is 31.6 Å². The minimum atomic E-state index is 0.595. The first-order valence-electron chi connectivity index (χ1n) is 9.71. The highest BCUT2D eigenvalue weighted by molar-refractivity contribution is 7.80. The summed E-state index contributed by atoms with van der Waals surface area (Å²) in [6.07, 6.45) is 5.29. The molecule has 0 atom stereocenters. The van der Waals surface area contributed by atoms with E-state index in [-0.39, 0.29) is 0 Å². The van der Waals surface area contributed by atoms with Crippen LogP contribution in [-0.2, 0) is 6.42 Å². The molecule has 5 nitrogen and oxygen atoms in total. The molecule has 3 rings (SSSR count). The Bertz CT molecular complexity index is 965. The second kappa shape index (κ2) is 9.74. The van der Waals surface area contributed by atoms with Crippen LogP contribution in [0, 0.1) is 0 Å². The van der Waals surface area contributed by atoms with Gasteiger partial charge in [-0.25, -0.2) is 0 Å². The van der Waals surface area contributed by atoms with Crippen LogP contribution < -0.4 is 18.9 Å². The molecule has 0 aliphatic rings. The van der Waals surface area contributed by atoms with Crippen molar-refractivity contribution in [3.05, 3.63) is 47.8 Å². The summed E-state index contributed by atoms with van der Waals surface area (Å²) in [6, 6.07) is 8.00. The summed E-state index contributed by atoms with van der Waals surface area (Å²) in [5.41, 5.74) is 2.14. The van der Waals surface area contributed by atoms with Crippen molar-refractivity contribution in [3.63, 3.8) is 0 Å². The predicted octanol–water partition coefficient (Wildman–Crippen LogP) is 5.32. The molecule has 1 heterocycles. The van der Waals surface area contributed by atoms with Crippen LogP contribution in [0.15, 0.2) is 41.6 Å². The minimum absolute atomic E-state index is 0.595. The number of hydrogen-bond acceptors (Lipinski definition) is 6. The van der Waals surface area contributed by atoms with E-state index in [2.05, 4.69) is 30.6 Å². The van der Waals surface area contributed by atoms with Gasteiger partial charge in [0.1, 0.15) is 5.75 Å². The van der Waals surface area contributed by atoms with E-state index < -0.39 is 0 Å². The topological polar surface area (TPSA) is 49.8 Å². The molecule has 0 unspecified atom stereocenters. The van der Waals surface area contributed by atoms with E-state index in [1.807, 2.05) is 37.5 Å². The van der Waals surface area contributed by atoms with Crippen molar-refractivity contribution < 1.29 is 18.9 Å². The first-order chi connectivity index (χ1) is 14.1. The normalized spacial score (nSPS) is 10.8. The Morgan fingerprint density at radius 2 is 1.62 bits per heavy atom. The summed E-state index contributed by atoms with van der Waals surface area (Å²) in [5, 5.41) is 2.07. The average Bonchev–Trinajstić information content (AvgIpc) is 2.74. The zero-order chi connectivity index (χ0) is 20.8. The largest absolute Gasteiger partial charge is 0.493 e. The second-order valence-corrected chi connectivity index (χ2v) is 7.04. The average molecular weight is 414 g/mol. The molecular formula is C23H27NO4S. The van der Waals surface area contributed by atoms with E-state index in [0.29, 0.717) is 36.9 Å². The standard InChI is InChI=1S/C23H27NO4S/c1-5-9-28-22-20(25-3)11-15(12-21(22)26-4)10-16-13-24-14-18-17(16)7-8-19(23(18)29)27-6-2/h7-8,11-14,29H,5-6,9-10H2,1-4H3. The van der Waals surface area contributed by atoms with Gasteiger partial charge in [0.15, 0.2) is 11.5 Å². The molecule has 0 aliphatic carbocycles. The summed E-state index contributed by atoms with van der Waals surface area (Å²) >= 11 is 4.66. The van der Waals surface area contributed by atoms with Gasteiger partial charge in [0.25, 0.3) is 0 Å². The molecule has 0 radical (unpaired) electrons. The Morgan fingerprint density at radius 1 is 0.897 bits per heavy atom. The molecule has 0 N–H and O–H groups in total. The van der Waals surface area contributed by atoms with E-state index in [9.17, 15) is 0 Å². The van der Waals surface area contributed by atoms with Crippen molar-refractivity contribution in [1.29, 1.82) is 0 Å². The number of aromatic nitrogens is 1. The molecule has 0 amide bonds. The van der Waals surface area contributed by atoms with Gasteiger partial charge in [0.2, 0.25) is 5.75 Å². The summed E-state index contributed by atoms with van der Waals surface area (Å²) in [5.74, 6) is 2.72. The van der Waals surface area contributed by atoms with E-state index in [1.165, 1.54) is 0 Å². The molecule has 0 bridgehead atoms. The van der Waals surface area contributed by atoms with Gasteiger partial charge < -0.3 is 18.9 Å². The monoisotopic (exact) mass is 413 g/mol. The van der Waals surface area contributed by atoms with E-state index in [0.717, 1.165) is 39.0 Å². The number of thiol groups is 1. The van der Waals surface area contributed by atoms with Gasteiger partial charge >= 0.3 is 0 Å². The van der Waals surface area contributed by atoms with Gasteiger partial charge in [0.05, 0.1) is 32.3 Å². The molecule has 0 fully saturated rings. The van der Waals surface area contributed by atoms with E-state index >= 15 is 0 Å². The van der Waals surface area contributed by atoms with Crippen LogP contribution in [-0.4, -0.2) is 32.4 Å². The number of hydrogen-bond donors (Lipinski definition) is 1. The molecular weight excluding hydrogens is 386 g/mol. The van der Waals surface area contributed by atoms with Crippen molar-refractivity contribution in [2.24, 2.45) is 0 Å². The number of nitrogens with zero attached hydrogens (tertiary/aromatic N) is 1. The SMILES string of the molecule is CCCOc1c(OC)cc(Cc2cncc3c(S)c(OCC)ccc23)cc1OC. The third-order valence-corrected chi connectivity index (χ3v) is 5.09. The van der Waals surface area contributed by atoms with E-state index in [1.54, 1.807) is 14.2 Å². The Labute approximate surface area is 177 Å². The highest BCUT2D eigenvalue weighted by atomic mass is 32.1. The molecule has 0 saturated carbocycles. The maximum Gasteiger partial charge on any atom is 0.203 e. The number of pyridine rings is 1. The third kappa shape index (κ3) is 4.53. The second-order valence-electron chi connectivity index (χ2n) is 6.59. The van der Waals surface area contributed by atoms with Crippen molar-refractivity contribution in [1.82, 2.24) is 4.98 Å². The van der Waals surface area contributed by atoms with Crippen molar-refractivity contribution >= 4 is 23.4 Å². The third-order valence-electron chi connectivity index (χ3n) is 4.63. The summed E-state index contributed by atoms with van der Waals surface area (Å²) in [7, 11) is 3.28. The number of fused-ring (bicyclic) bond motifs is 1. The molecule has 1 aromatic heterocycles. The predicted molar refractivity (Wildman–Crippen MR) is 118 cm³/mol. The van der Waals surface area contributed by atoms with Gasteiger partial charge in [-0.3, -0.25) is 4.98 Å². The van der Waals surface area contributed by atoms with Gasteiger partial charge in [-0.15, -0.1) is 12.6 Å². The van der Waals surface area contributed by atoms with Crippen LogP contribution in [0.2, 0.25) is 0 Å². The smallest absolute Gasteiger partial charge is 0.203 e. The Balaban J connectivity index is 2.01. The minimum Gasteiger partial charge on any atom is -0.493 e. The first-order valence-corrected chi connectivity index (χ1v) is 10.2. The lowest BCUT2D eigenvalue weighted by atomic mass is 10.00. The quantitative estimate of drug-likeness (QED) is 0.481.